The predicted octanol–water partition coefficient (Wildman–Crippen LogP) is -0.752. The van der Waals surface area contributed by atoms with Crippen LogP contribution in [0.1, 0.15) is 17.1 Å². The second-order valence-electron chi connectivity index (χ2n) is 4.75. The molecule has 6 nitrogen and oxygen atoms in total. The molecule has 6 heteroatoms. The molecule has 2 aliphatic rings. The third kappa shape index (κ3) is 2.45. The van der Waals surface area contributed by atoms with Gasteiger partial charge in [0.05, 0.1) is 31.0 Å². The van der Waals surface area contributed by atoms with Crippen LogP contribution in [0.5, 0.6) is 0 Å². The van der Waals surface area contributed by atoms with Gasteiger partial charge in [0, 0.05) is 32.6 Å². The Kier molecular flexibility index (Phi) is 3.40. The molecule has 3 heterocycles. The van der Waals surface area contributed by atoms with Gasteiger partial charge in [-0.1, -0.05) is 0 Å². The van der Waals surface area contributed by atoms with E-state index < -0.39 is 0 Å². The first kappa shape index (κ1) is 11.8. The van der Waals surface area contributed by atoms with Gasteiger partial charge in [-0.3, -0.25) is 9.69 Å². The first-order chi connectivity index (χ1) is 8.83. The molecule has 1 aromatic heterocycles. The molecule has 0 bridgehead atoms. The standard InChI is InChI=1S/C12H18N4O2/c17-12-9-7-13-2-1-10(9)14-11(15-12)8-16-3-5-18-6-4-16/h13H,1-8H2,(H,14,15,17). The summed E-state index contributed by atoms with van der Waals surface area (Å²) in [5, 5.41) is 3.20. The molecule has 2 N–H and O–H groups in total. The lowest BCUT2D eigenvalue weighted by atomic mass is 10.1. The first-order valence-corrected chi connectivity index (χ1v) is 6.45. The lowest BCUT2D eigenvalue weighted by Gasteiger charge is -2.26. The normalized spacial score (nSPS) is 20.7. The van der Waals surface area contributed by atoms with E-state index in [2.05, 4.69) is 20.2 Å². The highest BCUT2D eigenvalue weighted by molar-refractivity contribution is 5.20. The molecule has 0 spiro atoms. The number of aromatic amines is 1. The fourth-order valence-electron chi connectivity index (χ4n) is 2.45. The Balaban J connectivity index is 1.80. The summed E-state index contributed by atoms with van der Waals surface area (Å²) in [4.78, 5) is 21.7. The Morgan fingerprint density at radius 2 is 2.17 bits per heavy atom. The zero-order valence-electron chi connectivity index (χ0n) is 10.4. The van der Waals surface area contributed by atoms with Crippen molar-refractivity contribution in [2.75, 3.05) is 32.8 Å². The van der Waals surface area contributed by atoms with Gasteiger partial charge < -0.3 is 15.0 Å². The van der Waals surface area contributed by atoms with Gasteiger partial charge in [-0.15, -0.1) is 0 Å². The minimum absolute atomic E-state index is 0.00968. The summed E-state index contributed by atoms with van der Waals surface area (Å²) in [6, 6.07) is 0. The summed E-state index contributed by atoms with van der Waals surface area (Å²) in [5.41, 5.74) is 1.77. The zero-order valence-corrected chi connectivity index (χ0v) is 10.4. The van der Waals surface area contributed by atoms with Gasteiger partial charge in [0.1, 0.15) is 5.82 Å². The van der Waals surface area contributed by atoms with Crippen LogP contribution in [0.4, 0.5) is 0 Å². The van der Waals surface area contributed by atoms with E-state index >= 15 is 0 Å². The van der Waals surface area contributed by atoms with Crippen LogP contribution in [-0.2, 0) is 24.2 Å². The van der Waals surface area contributed by atoms with Crippen LogP contribution in [0, 0.1) is 0 Å². The summed E-state index contributed by atoms with van der Waals surface area (Å²) in [6.45, 7) is 5.58. The van der Waals surface area contributed by atoms with Gasteiger partial charge in [0.25, 0.3) is 5.56 Å². The van der Waals surface area contributed by atoms with Gasteiger partial charge >= 0.3 is 0 Å². The number of morpholine rings is 1. The van der Waals surface area contributed by atoms with Crippen molar-refractivity contribution in [3.63, 3.8) is 0 Å². The number of rotatable bonds is 2. The number of nitrogens with zero attached hydrogens (tertiary/aromatic N) is 2. The van der Waals surface area contributed by atoms with Crippen molar-refractivity contribution in [2.24, 2.45) is 0 Å². The summed E-state index contributed by atoms with van der Waals surface area (Å²) >= 11 is 0. The van der Waals surface area contributed by atoms with Crippen LogP contribution in [0.2, 0.25) is 0 Å². The molecule has 1 saturated heterocycles. The van der Waals surface area contributed by atoms with E-state index in [1.165, 1.54) is 0 Å². The van der Waals surface area contributed by atoms with Gasteiger partial charge in [0.2, 0.25) is 0 Å². The van der Waals surface area contributed by atoms with Crippen molar-refractivity contribution in [3.05, 3.63) is 27.4 Å². The summed E-state index contributed by atoms with van der Waals surface area (Å²) in [6.07, 6.45) is 0.843. The number of aromatic nitrogens is 2. The van der Waals surface area contributed by atoms with Crippen molar-refractivity contribution in [3.8, 4) is 0 Å². The molecule has 0 saturated carbocycles. The van der Waals surface area contributed by atoms with Crippen molar-refractivity contribution in [1.82, 2.24) is 20.2 Å². The largest absolute Gasteiger partial charge is 0.379 e. The quantitative estimate of drug-likeness (QED) is 0.722. The maximum Gasteiger partial charge on any atom is 0.255 e. The molecule has 0 amide bonds. The molecule has 18 heavy (non-hydrogen) atoms. The van der Waals surface area contributed by atoms with Gasteiger partial charge in [0.15, 0.2) is 0 Å². The van der Waals surface area contributed by atoms with E-state index in [9.17, 15) is 4.79 Å². The molecule has 0 atom stereocenters. The van der Waals surface area contributed by atoms with Crippen molar-refractivity contribution in [1.29, 1.82) is 0 Å². The third-order valence-electron chi connectivity index (χ3n) is 3.47. The van der Waals surface area contributed by atoms with Crippen LogP contribution >= 0.6 is 0 Å². The van der Waals surface area contributed by atoms with E-state index in [0.717, 1.165) is 56.4 Å². The molecule has 0 aromatic carbocycles. The molecule has 3 rings (SSSR count). The summed E-state index contributed by atoms with van der Waals surface area (Å²) in [7, 11) is 0. The van der Waals surface area contributed by atoms with Gasteiger partial charge in [-0.2, -0.15) is 0 Å². The highest BCUT2D eigenvalue weighted by Gasteiger charge is 2.17. The summed E-state index contributed by atoms with van der Waals surface area (Å²) in [5.74, 6) is 0.780. The van der Waals surface area contributed by atoms with E-state index in [4.69, 9.17) is 4.74 Å². The Labute approximate surface area is 105 Å². The Morgan fingerprint density at radius 1 is 1.33 bits per heavy atom. The SMILES string of the molecule is O=c1[nH]c(CN2CCOCC2)nc2c1CNCC2. The highest BCUT2D eigenvalue weighted by Crippen LogP contribution is 2.08. The van der Waals surface area contributed by atoms with Crippen LogP contribution in [0.15, 0.2) is 4.79 Å². The molecule has 1 fully saturated rings. The lowest BCUT2D eigenvalue weighted by Crippen LogP contribution is -2.38. The monoisotopic (exact) mass is 250 g/mol. The van der Waals surface area contributed by atoms with Crippen molar-refractivity contribution < 1.29 is 4.74 Å². The minimum Gasteiger partial charge on any atom is -0.379 e. The van der Waals surface area contributed by atoms with Crippen LogP contribution < -0.4 is 10.9 Å². The number of fused-ring (bicyclic) bond motifs is 1. The second-order valence-corrected chi connectivity index (χ2v) is 4.75. The second kappa shape index (κ2) is 5.17. The fourth-order valence-corrected chi connectivity index (χ4v) is 2.45. The van der Waals surface area contributed by atoms with E-state index in [1.54, 1.807) is 0 Å². The van der Waals surface area contributed by atoms with Gasteiger partial charge in [-0.05, 0) is 0 Å². The van der Waals surface area contributed by atoms with Gasteiger partial charge in [-0.25, -0.2) is 4.98 Å². The average molecular weight is 250 g/mol. The van der Waals surface area contributed by atoms with E-state index in [-0.39, 0.29) is 5.56 Å². The lowest BCUT2D eigenvalue weighted by molar-refractivity contribution is 0.0330. The molecule has 98 valence electrons. The third-order valence-corrected chi connectivity index (χ3v) is 3.47. The van der Waals surface area contributed by atoms with E-state index in [0.29, 0.717) is 13.1 Å². The fraction of sp³-hybridized carbons (Fsp3) is 0.667. The number of hydrogen-bond acceptors (Lipinski definition) is 5. The molecule has 0 aliphatic carbocycles. The van der Waals surface area contributed by atoms with Crippen molar-refractivity contribution >= 4 is 0 Å². The molecular weight excluding hydrogens is 232 g/mol. The number of nitrogens with one attached hydrogen (secondary N) is 2. The Hall–Kier alpha value is -1.24. The number of ether oxygens (including phenoxy) is 1. The first-order valence-electron chi connectivity index (χ1n) is 6.45. The van der Waals surface area contributed by atoms with Crippen LogP contribution in [0.3, 0.4) is 0 Å². The number of H-pyrrole nitrogens is 1. The molecule has 1 aromatic rings. The molecular formula is C12H18N4O2. The Morgan fingerprint density at radius 3 is 3.00 bits per heavy atom. The van der Waals surface area contributed by atoms with Crippen LogP contribution in [-0.4, -0.2) is 47.7 Å². The highest BCUT2D eigenvalue weighted by atomic mass is 16.5. The topological polar surface area (TPSA) is 70.2 Å². The Bertz CT molecular complexity index is 479. The zero-order chi connectivity index (χ0) is 12.4. The van der Waals surface area contributed by atoms with Crippen LogP contribution in [0.25, 0.3) is 0 Å². The predicted molar refractivity (Wildman–Crippen MR) is 66.4 cm³/mol. The smallest absolute Gasteiger partial charge is 0.255 e. The molecule has 2 aliphatic heterocycles. The molecule has 0 unspecified atom stereocenters. The van der Waals surface area contributed by atoms with Crippen molar-refractivity contribution in [2.45, 2.75) is 19.5 Å². The maximum atomic E-state index is 11.9. The minimum atomic E-state index is 0.00968. The van der Waals surface area contributed by atoms with E-state index in [1.807, 2.05) is 0 Å². The average Bonchev–Trinajstić information content (AvgIpc) is 2.40. The summed E-state index contributed by atoms with van der Waals surface area (Å²) < 4.78 is 5.31. The molecule has 0 radical (unpaired) electrons. The maximum absolute atomic E-state index is 11.9. The number of hydrogen-bond donors (Lipinski definition) is 2.